The first-order chi connectivity index (χ1) is 10.8. The van der Waals surface area contributed by atoms with Crippen LogP contribution in [0.1, 0.15) is 25.0 Å². The normalized spacial score (nSPS) is 16.5. The number of benzene rings is 1. The van der Waals surface area contributed by atoms with Crippen LogP contribution >= 0.6 is 0 Å². The molecule has 1 aliphatic rings. The van der Waals surface area contributed by atoms with E-state index in [2.05, 4.69) is 0 Å². The number of carbonyl (C=O) groups is 1. The summed E-state index contributed by atoms with van der Waals surface area (Å²) in [6.07, 6.45) is 5.62. The summed E-state index contributed by atoms with van der Waals surface area (Å²) in [5.41, 5.74) is -0.780. The van der Waals surface area contributed by atoms with Crippen molar-refractivity contribution in [1.82, 2.24) is 0 Å². The summed E-state index contributed by atoms with van der Waals surface area (Å²) in [4.78, 5) is 11.4. The molecule has 0 unspecified atom stereocenters. The Kier molecular flexibility index (Phi) is 4.63. The molecule has 0 aliphatic heterocycles. The largest absolute Gasteiger partial charge is 0.493 e. The van der Waals surface area contributed by atoms with Crippen molar-refractivity contribution in [3.8, 4) is 11.5 Å². The molecule has 5 nitrogen and oxygen atoms in total. The predicted molar refractivity (Wildman–Crippen MR) is 86.8 cm³/mol. The van der Waals surface area contributed by atoms with E-state index in [0.717, 1.165) is 5.56 Å². The zero-order chi connectivity index (χ0) is 17.3. The van der Waals surface area contributed by atoms with Crippen LogP contribution < -0.4 is 9.47 Å². The van der Waals surface area contributed by atoms with Crippen molar-refractivity contribution in [2.45, 2.75) is 25.0 Å². The van der Waals surface area contributed by atoms with Crippen LogP contribution in [0.2, 0.25) is 0 Å². The number of hydrogen-bond donors (Lipinski definition) is 1. The third-order valence-electron chi connectivity index (χ3n) is 4.12. The van der Waals surface area contributed by atoms with Gasteiger partial charge in [-0.1, -0.05) is 0 Å². The summed E-state index contributed by atoms with van der Waals surface area (Å²) in [5, 5.41) is 11.0. The Morgan fingerprint density at radius 2 is 1.52 bits per heavy atom. The maximum atomic E-state index is 11.4. The highest BCUT2D eigenvalue weighted by atomic mass is 16.5. The molecule has 124 valence electrons. The lowest BCUT2D eigenvalue weighted by Crippen LogP contribution is -2.30. The van der Waals surface area contributed by atoms with Gasteiger partial charge in [0.15, 0.2) is 17.3 Å². The average molecular weight is 318 g/mol. The third-order valence-corrected chi connectivity index (χ3v) is 4.12. The Balaban J connectivity index is 2.72. The Labute approximate surface area is 136 Å². The SMILES string of the molecule is COc1cc(C2(O)C=CC(=O)C=C2)c(C(C)(C)OC)cc1OC. The zero-order valence-corrected chi connectivity index (χ0v) is 14.0. The molecule has 0 spiro atoms. The number of rotatable bonds is 5. The number of carbonyl (C=O) groups excluding carboxylic acids is 1. The number of methoxy groups -OCH3 is 3. The van der Waals surface area contributed by atoms with Crippen LogP contribution in [0.25, 0.3) is 0 Å². The maximum absolute atomic E-state index is 11.4. The predicted octanol–water partition coefficient (Wildman–Crippen LogP) is 2.47. The van der Waals surface area contributed by atoms with E-state index in [9.17, 15) is 9.90 Å². The van der Waals surface area contributed by atoms with Crippen molar-refractivity contribution < 1.29 is 24.1 Å². The summed E-state index contributed by atoms with van der Waals surface area (Å²) < 4.78 is 16.3. The van der Waals surface area contributed by atoms with Gasteiger partial charge in [0, 0.05) is 12.7 Å². The van der Waals surface area contributed by atoms with Gasteiger partial charge in [-0.05, 0) is 55.8 Å². The van der Waals surface area contributed by atoms with Crippen LogP contribution in [0, 0.1) is 0 Å². The van der Waals surface area contributed by atoms with E-state index in [1.807, 2.05) is 13.8 Å². The summed E-state index contributed by atoms with van der Waals surface area (Å²) in [7, 11) is 4.68. The van der Waals surface area contributed by atoms with Crippen molar-refractivity contribution in [3.05, 3.63) is 47.6 Å². The molecule has 0 aromatic heterocycles. The molecule has 0 heterocycles. The lowest BCUT2D eigenvalue weighted by atomic mass is 9.81. The quantitative estimate of drug-likeness (QED) is 0.903. The van der Waals surface area contributed by atoms with E-state index in [4.69, 9.17) is 14.2 Å². The molecule has 0 saturated carbocycles. The standard InChI is InChI=1S/C18H22O5/c1-17(2,23-5)13-10-15(21-3)16(22-4)11-14(13)18(20)8-6-12(19)7-9-18/h6-11,20H,1-5H3. The highest BCUT2D eigenvalue weighted by Crippen LogP contribution is 2.42. The molecule has 1 aliphatic carbocycles. The maximum Gasteiger partial charge on any atom is 0.178 e. The first-order valence-corrected chi connectivity index (χ1v) is 7.24. The van der Waals surface area contributed by atoms with Gasteiger partial charge in [-0.3, -0.25) is 4.79 Å². The minimum absolute atomic E-state index is 0.164. The van der Waals surface area contributed by atoms with E-state index < -0.39 is 11.2 Å². The highest BCUT2D eigenvalue weighted by molar-refractivity contribution is 6.00. The molecule has 23 heavy (non-hydrogen) atoms. The fraction of sp³-hybridized carbons (Fsp3) is 0.389. The average Bonchev–Trinajstić information content (AvgIpc) is 2.56. The van der Waals surface area contributed by atoms with Gasteiger partial charge in [0.25, 0.3) is 0 Å². The van der Waals surface area contributed by atoms with Gasteiger partial charge in [0.1, 0.15) is 5.60 Å². The molecular weight excluding hydrogens is 296 g/mol. The zero-order valence-electron chi connectivity index (χ0n) is 14.0. The van der Waals surface area contributed by atoms with Crippen molar-refractivity contribution in [1.29, 1.82) is 0 Å². The molecule has 0 amide bonds. The Morgan fingerprint density at radius 3 is 2.00 bits per heavy atom. The van der Waals surface area contributed by atoms with Gasteiger partial charge < -0.3 is 19.3 Å². The van der Waals surface area contributed by atoms with Gasteiger partial charge in [0.2, 0.25) is 0 Å². The molecule has 1 aromatic carbocycles. The van der Waals surface area contributed by atoms with E-state index in [1.54, 1.807) is 26.4 Å². The van der Waals surface area contributed by atoms with E-state index in [1.165, 1.54) is 31.4 Å². The molecule has 0 fully saturated rings. The van der Waals surface area contributed by atoms with E-state index >= 15 is 0 Å². The molecule has 0 bridgehead atoms. The molecule has 0 saturated heterocycles. The van der Waals surface area contributed by atoms with Gasteiger partial charge >= 0.3 is 0 Å². The molecule has 0 atom stereocenters. The van der Waals surface area contributed by atoms with Crippen molar-refractivity contribution in [3.63, 3.8) is 0 Å². The lowest BCUT2D eigenvalue weighted by molar-refractivity contribution is -0.110. The second-order valence-corrected chi connectivity index (χ2v) is 5.86. The van der Waals surface area contributed by atoms with Gasteiger partial charge in [-0.25, -0.2) is 0 Å². The van der Waals surface area contributed by atoms with E-state index in [0.29, 0.717) is 17.1 Å². The second-order valence-electron chi connectivity index (χ2n) is 5.86. The molecule has 5 heteroatoms. The number of aliphatic hydroxyl groups is 1. The highest BCUT2D eigenvalue weighted by Gasteiger charge is 2.35. The van der Waals surface area contributed by atoms with E-state index in [-0.39, 0.29) is 5.78 Å². The molecule has 2 rings (SSSR count). The van der Waals surface area contributed by atoms with Crippen LogP contribution in [0.5, 0.6) is 11.5 Å². The fourth-order valence-corrected chi connectivity index (χ4v) is 2.53. The number of ketones is 1. The molecular formula is C18H22O5. The van der Waals surface area contributed by atoms with Crippen LogP contribution in [0.3, 0.4) is 0 Å². The molecule has 1 N–H and O–H groups in total. The Bertz CT molecular complexity index is 654. The van der Waals surface area contributed by atoms with Gasteiger partial charge in [-0.2, -0.15) is 0 Å². The van der Waals surface area contributed by atoms with Crippen LogP contribution in [0.4, 0.5) is 0 Å². The summed E-state index contributed by atoms with van der Waals surface area (Å²) >= 11 is 0. The first kappa shape index (κ1) is 17.2. The van der Waals surface area contributed by atoms with Crippen molar-refractivity contribution in [2.24, 2.45) is 0 Å². The van der Waals surface area contributed by atoms with Crippen LogP contribution in [0.15, 0.2) is 36.4 Å². The summed E-state index contributed by atoms with van der Waals surface area (Å²) in [6.45, 7) is 3.78. The van der Waals surface area contributed by atoms with Crippen molar-refractivity contribution >= 4 is 5.78 Å². The van der Waals surface area contributed by atoms with Crippen molar-refractivity contribution in [2.75, 3.05) is 21.3 Å². The minimum Gasteiger partial charge on any atom is -0.493 e. The topological polar surface area (TPSA) is 65.0 Å². The smallest absolute Gasteiger partial charge is 0.178 e. The van der Waals surface area contributed by atoms with Gasteiger partial charge in [0.05, 0.1) is 19.8 Å². The fourth-order valence-electron chi connectivity index (χ4n) is 2.53. The summed E-state index contributed by atoms with van der Waals surface area (Å²) in [5.74, 6) is 0.868. The lowest BCUT2D eigenvalue weighted by Gasteiger charge is -2.33. The van der Waals surface area contributed by atoms with Crippen LogP contribution in [-0.2, 0) is 20.7 Å². The minimum atomic E-state index is -1.42. The monoisotopic (exact) mass is 318 g/mol. The number of hydrogen-bond acceptors (Lipinski definition) is 5. The number of allylic oxidation sites excluding steroid dienone is 2. The molecule has 1 aromatic rings. The number of ether oxygens (including phenoxy) is 3. The summed E-state index contributed by atoms with van der Waals surface area (Å²) in [6, 6.07) is 3.49. The Hall–Kier alpha value is -2.11. The second kappa shape index (κ2) is 6.18. The third kappa shape index (κ3) is 3.16. The molecule has 0 radical (unpaired) electrons. The Morgan fingerprint density at radius 1 is 1.00 bits per heavy atom. The first-order valence-electron chi connectivity index (χ1n) is 7.24. The van der Waals surface area contributed by atoms with Crippen LogP contribution in [-0.4, -0.2) is 32.2 Å². The van der Waals surface area contributed by atoms with Gasteiger partial charge in [-0.15, -0.1) is 0 Å².